The fourth-order valence-corrected chi connectivity index (χ4v) is 7.27. The van der Waals surface area contributed by atoms with Crippen LogP contribution in [0.15, 0.2) is 87.8 Å². The van der Waals surface area contributed by atoms with E-state index >= 15 is 0 Å². The van der Waals surface area contributed by atoms with E-state index in [2.05, 4.69) is 4.57 Å². The normalized spacial score (nSPS) is 14.6. The van der Waals surface area contributed by atoms with Crippen molar-refractivity contribution in [1.29, 1.82) is 0 Å². The summed E-state index contributed by atoms with van der Waals surface area (Å²) in [6.07, 6.45) is 1.88. The Balaban J connectivity index is 1.51. The predicted octanol–water partition coefficient (Wildman–Crippen LogP) is 5.54. The van der Waals surface area contributed by atoms with E-state index in [4.69, 9.17) is 19.2 Å². The first-order chi connectivity index (χ1) is 22.7. The van der Waals surface area contributed by atoms with Crippen LogP contribution in [-0.4, -0.2) is 41.4 Å². The summed E-state index contributed by atoms with van der Waals surface area (Å²) in [6.45, 7) is 9.80. The fraction of sp³-hybridized carbons (Fsp3) is 0.243. The summed E-state index contributed by atoms with van der Waals surface area (Å²) in [5, 5.41) is 1.73. The molecule has 1 aliphatic heterocycles. The number of methoxy groups -OCH3 is 1. The maximum absolute atomic E-state index is 14.4. The Morgan fingerprint density at radius 2 is 1.60 bits per heavy atom. The summed E-state index contributed by atoms with van der Waals surface area (Å²) in [4.78, 5) is 45.2. The quantitative estimate of drug-likeness (QED) is 0.205. The number of aromatic nitrogens is 2. The van der Waals surface area contributed by atoms with Gasteiger partial charge in [0.2, 0.25) is 0 Å². The third-order valence-corrected chi connectivity index (χ3v) is 9.33. The van der Waals surface area contributed by atoms with Crippen molar-refractivity contribution >= 4 is 40.1 Å². The molecule has 47 heavy (non-hydrogen) atoms. The minimum absolute atomic E-state index is 0.192. The number of thiazole rings is 1. The first-order valence-electron chi connectivity index (χ1n) is 15.4. The van der Waals surface area contributed by atoms with Gasteiger partial charge in [0, 0.05) is 22.5 Å². The molecule has 0 radical (unpaired) electrons. The van der Waals surface area contributed by atoms with Crippen LogP contribution in [-0.2, 0) is 14.3 Å². The summed E-state index contributed by atoms with van der Waals surface area (Å²) in [7, 11) is 1.62. The lowest BCUT2D eigenvalue weighted by Crippen LogP contribution is -2.40. The van der Waals surface area contributed by atoms with Gasteiger partial charge < -0.3 is 18.8 Å². The number of hydrogen-bond acceptors (Lipinski definition) is 8. The lowest BCUT2D eigenvalue weighted by molar-refractivity contribution is -0.139. The lowest BCUT2D eigenvalue weighted by atomic mass is 9.91. The van der Waals surface area contributed by atoms with Crippen LogP contribution >= 0.6 is 11.3 Å². The summed E-state index contributed by atoms with van der Waals surface area (Å²) in [6, 6.07) is 20.1. The van der Waals surface area contributed by atoms with E-state index in [9.17, 15) is 14.4 Å². The van der Waals surface area contributed by atoms with Crippen molar-refractivity contribution < 1.29 is 23.8 Å². The van der Waals surface area contributed by atoms with Gasteiger partial charge in [-0.15, -0.1) is 0 Å². The molecule has 1 atom stereocenters. The Bertz CT molecular complexity index is 2260. The maximum Gasteiger partial charge on any atom is 0.338 e. The van der Waals surface area contributed by atoms with Crippen molar-refractivity contribution in [3.05, 3.63) is 126 Å². The fourth-order valence-electron chi connectivity index (χ4n) is 6.23. The van der Waals surface area contributed by atoms with Gasteiger partial charge in [-0.2, -0.15) is 0 Å². The molecular formula is C37H35N3O6S. The van der Waals surface area contributed by atoms with E-state index in [0.29, 0.717) is 38.5 Å². The summed E-state index contributed by atoms with van der Waals surface area (Å²) >= 11 is 1.29. The molecule has 3 aromatic carbocycles. The van der Waals surface area contributed by atoms with Crippen LogP contribution in [0.25, 0.3) is 22.5 Å². The number of carbonyl (C=O) groups is 2. The lowest BCUT2D eigenvalue weighted by Gasteiger charge is -2.26. The average molecular weight is 650 g/mol. The van der Waals surface area contributed by atoms with Crippen molar-refractivity contribution in [2.75, 3.05) is 20.3 Å². The molecule has 3 heterocycles. The highest BCUT2D eigenvalue weighted by Gasteiger charge is 2.34. The topological polar surface area (TPSA) is 101 Å². The SMILES string of the molecule is CCOC(=O)C1=C(C)N=c2s/c(=C/c3cc(C)n(-c4ccc(C(=O)OCC)cc4)c3C)c(=O)n2[C@H]1c1ccc(OC)c2ccccc12. The number of esters is 2. The molecule has 0 spiro atoms. The first-order valence-corrected chi connectivity index (χ1v) is 16.2. The van der Waals surface area contributed by atoms with Gasteiger partial charge in [-0.3, -0.25) is 9.36 Å². The molecular weight excluding hydrogens is 614 g/mol. The van der Waals surface area contributed by atoms with Crippen molar-refractivity contribution in [3.63, 3.8) is 0 Å². The number of benzene rings is 3. The van der Waals surface area contributed by atoms with Crippen molar-refractivity contribution in [1.82, 2.24) is 9.13 Å². The zero-order valence-corrected chi connectivity index (χ0v) is 27.9. The molecule has 240 valence electrons. The third kappa shape index (κ3) is 5.59. The number of carbonyl (C=O) groups excluding carboxylic acids is 2. The zero-order valence-electron chi connectivity index (χ0n) is 27.1. The highest BCUT2D eigenvalue weighted by atomic mass is 32.1. The van der Waals surface area contributed by atoms with Crippen molar-refractivity contribution in [3.8, 4) is 11.4 Å². The van der Waals surface area contributed by atoms with Crippen LogP contribution in [0.5, 0.6) is 5.75 Å². The molecule has 2 aromatic heterocycles. The van der Waals surface area contributed by atoms with Crippen LogP contribution in [0.4, 0.5) is 0 Å². The van der Waals surface area contributed by atoms with E-state index in [1.807, 2.05) is 74.5 Å². The highest BCUT2D eigenvalue weighted by Crippen LogP contribution is 2.38. The van der Waals surface area contributed by atoms with Crippen molar-refractivity contribution in [2.45, 2.75) is 40.7 Å². The molecule has 5 aromatic rings. The van der Waals surface area contributed by atoms with Gasteiger partial charge in [0.05, 0.1) is 47.7 Å². The predicted molar refractivity (Wildman–Crippen MR) is 182 cm³/mol. The van der Waals surface area contributed by atoms with Gasteiger partial charge >= 0.3 is 11.9 Å². The monoisotopic (exact) mass is 649 g/mol. The minimum atomic E-state index is -0.756. The molecule has 0 saturated carbocycles. The van der Waals surface area contributed by atoms with Crippen LogP contribution < -0.4 is 19.6 Å². The van der Waals surface area contributed by atoms with E-state index < -0.39 is 12.0 Å². The molecule has 0 fully saturated rings. The standard InChI is InChI=1S/C37H35N3O6S/c1-7-45-35(42)24-13-15-26(16-14-24)39-21(3)19-25(23(39)5)20-31-34(41)40-33(32(36(43)46-8-2)22(4)38-37(40)47-31)29-17-18-30(44-6)28-12-10-9-11-27(28)29/h9-20,33H,7-8H2,1-6H3/b31-20+/t33-/m0/s1. The summed E-state index contributed by atoms with van der Waals surface area (Å²) in [5.74, 6) is -0.176. The van der Waals surface area contributed by atoms with Gasteiger partial charge in [-0.1, -0.05) is 41.7 Å². The second kappa shape index (κ2) is 12.9. The molecule has 9 nitrogen and oxygen atoms in total. The smallest absolute Gasteiger partial charge is 0.338 e. The second-order valence-corrected chi connectivity index (χ2v) is 12.1. The van der Waals surface area contributed by atoms with E-state index in [0.717, 1.165) is 39.0 Å². The molecule has 0 unspecified atom stereocenters. The molecule has 0 bridgehead atoms. The van der Waals surface area contributed by atoms with Crippen LogP contribution in [0.1, 0.15) is 59.7 Å². The first kappa shape index (κ1) is 31.7. The van der Waals surface area contributed by atoms with Gasteiger partial charge in [0.25, 0.3) is 5.56 Å². The molecule has 0 N–H and O–H groups in total. The van der Waals surface area contributed by atoms with Crippen molar-refractivity contribution in [2.24, 2.45) is 4.99 Å². The molecule has 6 rings (SSSR count). The van der Waals surface area contributed by atoms with Gasteiger partial charge in [-0.05, 0) is 93.6 Å². The van der Waals surface area contributed by atoms with Crippen LogP contribution in [0.2, 0.25) is 0 Å². The second-order valence-electron chi connectivity index (χ2n) is 11.1. The Morgan fingerprint density at radius 1 is 0.915 bits per heavy atom. The number of allylic oxidation sites excluding steroid dienone is 1. The molecule has 1 aliphatic rings. The Morgan fingerprint density at radius 3 is 2.28 bits per heavy atom. The molecule has 0 aliphatic carbocycles. The summed E-state index contributed by atoms with van der Waals surface area (Å²) < 4.78 is 20.4. The minimum Gasteiger partial charge on any atom is -0.496 e. The zero-order chi connectivity index (χ0) is 33.4. The number of ether oxygens (including phenoxy) is 3. The van der Waals surface area contributed by atoms with E-state index in [-0.39, 0.29) is 18.1 Å². The Hall–Kier alpha value is -5.22. The van der Waals surface area contributed by atoms with Crippen LogP contribution in [0.3, 0.4) is 0 Å². The van der Waals surface area contributed by atoms with E-state index in [1.165, 1.54) is 11.3 Å². The van der Waals surface area contributed by atoms with Gasteiger partial charge in [0.1, 0.15) is 5.75 Å². The van der Waals surface area contributed by atoms with E-state index in [1.54, 1.807) is 44.6 Å². The van der Waals surface area contributed by atoms with Gasteiger partial charge in [0.15, 0.2) is 4.80 Å². The third-order valence-electron chi connectivity index (χ3n) is 8.34. The molecule has 10 heteroatoms. The highest BCUT2D eigenvalue weighted by molar-refractivity contribution is 7.07. The number of rotatable bonds is 8. The summed E-state index contributed by atoms with van der Waals surface area (Å²) in [5.41, 5.74) is 5.48. The van der Waals surface area contributed by atoms with Crippen LogP contribution in [0, 0.1) is 13.8 Å². The Labute approximate surface area is 275 Å². The number of nitrogens with zero attached hydrogens (tertiary/aromatic N) is 3. The number of fused-ring (bicyclic) bond motifs is 2. The average Bonchev–Trinajstić information content (AvgIpc) is 3.52. The van der Waals surface area contributed by atoms with Gasteiger partial charge in [-0.25, -0.2) is 14.6 Å². The Kier molecular flexibility index (Phi) is 8.70. The molecule has 0 saturated heterocycles. The number of hydrogen-bond donors (Lipinski definition) is 0. The largest absolute Gasteiger partial charge is 0.496 e. The maximum atomic E-state index is 14.4. The number of aryl methyl sites for hydroxylation is 1. The molecule has 0 amide bonds.